The second kappa shape index (κ2) is 7.34. The van der Waals surface area contributed by atoms with Crippen LogP contribution in [0.2, 0.25) is 0 Å². The number of likely N-dealkylation sites (tertiary alicyclic amines) is 1. The third-order valence-electron chi connectivity index (χ3n) is 4.13. The zero-order chi connectivity index (χ0) is 16.9. The average Bonchev–Trinajstić information content (AvgIpc) is 3.05. The number of carbonyl (C=O) groups excluding carboxylic acids is 1. The van der Waals surface area contributed by atoms with Crippen molar-refractivity contribution in [1.29, 1.82) is 0 Å². The average molecular weight is 325 g/mol. The Kier molecular flexibility index (Phi) is 5.45. The van der Waals surface area contributed by atoms with Gasteiger partial charge in [-0.25, -0.2) is 4.98 Å². The van der Waals surface area contributed by atoms with Crippen molar-refractivity contribution in [3.05, 3.63) is 28.4 Å². The first kappa shape index (κ1) is 17.1. The van der Waals surface area contributed by atoms with Crippen LogP contribution in [0.3, 0.4) is 0 Å². The molecule has 2 saturated heterocycles. The SMILES string of the molecule is COC[C@@]12COC[C@@H]1CN(C(=O)c1c[nH]c(=O)cn1)C2.O=CO. The highest BCUT2D eigenvalue weighted by molar-refractivity contribution is 5.92. The lowest BCUT2D eigenvalue weighted by Gasteiger charge is -2.25. The maximum absolute atomic E-state index is 12.4. The van der Waals surface area contributed by atoms with Gasteiger partial charge in [-0.15, -0.1) is 0 Å². The van der Waals surface area contributed by atoms with E-state index in [4.69, 9.17) is 19.4 Å². The van der Waals surface area contributed by atoms with Gasteiger partial charge in [0, 0.05) is 37.7 Å². The Morgan fingerprint density at radius 3 is 3.04 bits per heavy atom. The number of hydrogen-bond acceptors (Lipinski definition) is 6. The smallest absolute Gasteiger partial charge is 0.290 e. The lowest BCUT2D eigenvalue weighted by atomic mass is 9.82. The Morgan fingerprint density at radius 2 is 2.43 bits per heavy atom. The quantitative estimate of drug-likeness (QED) is 0.698. The monoisotopic (exact) mass is 325 g/mol. The van der Waals surface area contributed by atoms with E-state index in [1.54, 1.807) is 12.0 Å². The Hall–Kier alpha value is -2.26. The molecule has 1 amide bonds. The van der Waals surface area contributed by atoms with Gasteiger partial charge in [0.25, 0.3) is 17.9 Å². The summed E-state index contributed by atoms with van der Waals surface area (Å²) in [6.07, 6.45) is 2.48. The van der Waals surface area contributed by atoms with Crippen LogP contribution in [-0.4, -0.2) is 72.4 Å². The van der Waals surface area contributed by atoms with Crippen LogP contribution in [0.5, 0.6) is 0 Å². The molecule has 2 N–H and O–H groups in total. The Morgan fingerprint density at radius 1 is 1.70 bits per heavy atom. The number of aromatic amines is 1. The van der Waals surface area contributed by atoms with E-state index in [0.29, 0.717) is 38.8 Å². The minimum atomic E-state index is -0.316. The molecule has 2 aliphatic rings. The molecule has 0 aromatic carbocycles. The van der Waals surface area contributed by atoms with Gasteiger partial charge in [-0.2, -0.15) is 0 Å². The van der Waals surface area contributed by atoms with Gasteiger partial charge in [0.2, 0.25) is 0 Å². The predicted molar refractivity (Wildman–Crippen MR) is 78.1 cm³/mol. The summed E-state index contributed by atoms with van der Waals surface area (Å²) in [5, 5.41) is 6.89. The number of aromatic nitrogens is 2. The van der Waals surface area contributed by atoms with Crippen LogP contribution < -0.4 is 5.56 Å². The van der Waals surface area contributed by atoms with Crippen LogP contribution in [0.1, 0.15) is 10.5 Å². The van der Waals surface area contributed by atoms with Crippen LogP contribution in [0.25, 0.3) is 0 Å². The highest BCUT2D eigenvalue weighted by Crippen LogP contribution is 2.41. The van der Waals surface area contributed by atoms with Crippen LogP contribution in [-0.2, 0) is 14.3 Å². The van der Waals surface area contributed by atoms with Crippen molar-refractivity contribution in [3.63, 3.8) is 0 Å². The zero-order valence-electron chi connectivity index (χ0n) is 12.7. The van der Waals surface area contributed by atoms with Gasteiger partial charge in [-0.1, -0.05) is 0 Å². The molecule has 2 atom stereocenters. The Bertz CT molecular complexity index is 598. The topological polar surface area (TPSA) is 122 Å². The molecular weight excluding hydrogens is 306 g/mol. The van der Waals surface area contributed by atoms with Gasteiger partial charge in [0.1, 0.15) is 5.69 Å². The second-order valence-corrected chi connectivity index (χ2v) is 5.59. The lowest BCUT2D eigenvalue weighted by molar-refractivity contribution is -0.122. The highest BCUT2D eigenvalue weighted by Gasteiger charge is 2.52. The van der Waals surface area contributed by atoms with E-state index >= 15 is 0 Å². The molecule has 0 bridgehead atoms. The number of methoxy groups -OCH3 is 1. The number of hydrogen-bond donors (Lipinski definition) is 2. The van der Waals surface area contributed by atoms with Crippen LogP contribution >= 0.6 is 0 Å². The van der Waals surface area contributed by atoms with Crippen LogP contribution in [0.4, 0.5) is 0 Å². The molecular formula is C14H19N3O6. The molecule has 3 rings (SSSR count). The summed E-state index contributed by atoms with van der Waals surface area (Å²) in [5.41, 5.74) is -0.158. The number of carbonyl (C=O) groups is 2. The van der Waals surface area contributed by atoms with Gasteiger partial charge in [-0.05, 0) is 0 Å². The van der Waals surface area contributed by atoms with Crippen molar-refractivity contribution in [3.8, 4) is 0 Å². The van der Waals surface area contributed by atoms with E-state index in [1.807, 2.05) is 0 Å². The van der Waals surface area contributed by atoms with E-state index in [9.17, 15) is 9.59 Å². The number of ether oxygens (including phenoxy) is 2. The van der Waals surface area contributed by atoms with Crippen molar-refractivity contribution >= 4 is 12.4 Å². The third kappa shape index (κ3) is 3.57. The van der Waals surface area contributed by atoms with Crippen molar-refractivity contribution in [1.82, 2.24) is 14.9 Å². The summed E-state index contributed by atoms with van der Waals surface area (Å²) >= 11 is 0. The summed E-state index contributed by atoms with van der Waals surface area (Å²) in [4.78, 5) is 39.9. The van der Waals surface area contributed by atoms with Crippen molar-refractivity contribution in [2.45, 2.75) is 0 Å². The fourth-order valence-corrected chi connectivity index (χ4v) is 3.10. The van der Waals surface area contributed by atoms with Gasteiger partial charge in [-0.3, -0.25) is 14.4 Å². The molecule has 2 aliphatic heterocycles. The number of fused-ring (bicyclic) bond motifs is 1. The first-order valence-corrected chi connectivity index (χ1v) is 7.05. The molecule has 9 heteroatoms. The minimum absolute atomic E-state index is 0.105. The normalized spacial score (nSPS) is 25.4. The summed E-state index contributed by atoms with van der Waals surface area (Å²) < 4.78 is 10.8. The molecule has 9 nitrogen and oxygen atoms in total. The maximum Gasteiger partial charge on any atom is 0.290 e. The molecule has 0 aliphatic carbocycles. The van der Waals surface area contributed by atoms with Gasteiger partial charge >= 0.3 is 0 Å². The number of carboxylic acid groups (broad SMARTS) is 1. The second-order valence-electron chi connectivity index (χ2n) is 5.59. The largest absolute Gasteiger partial charge is 0.483 e. The van der Waals surface area contributed by atoms with E-state index in [2.05, 4.69) is 9.97 Å². The third-order valence-corrected chi connectivity index (χ3v) is 4.13. The van der Waals surface area contributed by atoms with E-state index in [1.165, 1.54) is 6.20 Å². The zero-order valence-corrected chi connectivity index (χ0v) is 12.7. The van der Waals surface area contributed by atoms with Gasteiger partial charge < -0.3 is 24.5 Å². The van der Waals surface area contributed by atoms with E-state index in [-0.39, 0.29) is 29.0 Å². The Labute approximate surface area is 132 Å². The van der Waals surface area contributed by atoms with Crippen molar-refractivity contribution < 1.29 is 24.2 Å². The molecule has 0 saturated carbocycles. The fraction of sp³-hybridized carbons (Fsp3) is 0.571. The number of rotatable bonds is 3. The standard InChI is InChI=1S/C13H17N3O4.CH2O2/c1-19-7-13-6-16(4-9(13)5-20-8-13)12(18)10-2-15-11(17)3-14-10;2-1-3/h2-3,9H,4-8H2,1H3,(H,15,17);1H,(H,2,3)/t9-,13-;/m0./s1. The summed E-state index contributed by atoms with van der Waals surface area (Å²) in [6.45, 7) is 2.86. The van der Waals surface area contributed by atoms with E-state index < -0.39 is 0 Å². The molecule has 1 aromatic heterocycles. The van der Waals surface area contributed by atoms with Crippen molar-refractivity contribution in [2.75, 3.05) is 40.0 Å². The number of H-pyrrole nitrogens is 1. The Balaban J connectivity index is 0.000000595. The van der Waals surface area contributed by atoms with Crippen LogP contribution in [0, 0.1) is 11.3 Å². The molecule has 1 aromatic rings. The van der Waals surface area contributed by atoms with E-state index in [0.717, 1.165) is 6.20 Å². The number of nitrogens with one attached hydrogen (secondary N) is 1. The number of amides is 1. The summed E-state index contributed by atoms with van der Waals surface area (Å²) in [7, 11) is 1.66. The number of nitrogens with zero attached hydrogens (tertiary/aromatic N) is 2. The molecule has 0 radical (unpaired) electrons. The van der Waals surface area contributed by atoms with Crippen LogP contribution in [0.15, 0.2) is 17.2 Å². The molecule has 126 valence electrons. The summed E-state index contributed by atoms with van der Waals surface area (Å²) in [6, 6.07) is 0. The van der Waals surface area contributed by atoms with Gasteiger partial charge in [0.15, 0.2) is 0 Å². The van der Waals surface area contributed by atoms with Gasteiger partial charge in [0.05, 0.1) is 26.0 Å². The molecule has 0 spiro atoms. The first-order chi connectivity index (χ1) is 11.1. The fourth-order valence-electron chi connectivity index (χ4n) is 3.10. The molecule has 2 fully saturated rings. The summed E-state index contributed by atoms with van der Waals surface area (Å²) in [5.74, 6) is 0.139. The highest BCUT2D eigenvalue weighted by atomic mass is 16.5. The molecule has 3 heterocycles. The molecule has 0 unspecified atom stereocenters. The lowest BCUT2D eigenvalue weighted by Crippen LogP contribution is -2.37. The maximum atomic E-state index is 12.4. The minimum Gasteiger partial charge on any atom is -0.483 e. The predicted octanol–water partition coefficient (Wildman–Crippen LogP) is -0.794. The first-order valence-electron chi connectivity index (χ1n) is 7.05. The van der Waals surface area contributed by atoms with Crippen molar-refractivity contribution in [2.24, 2.45) is 11.3 Å². The molecule has 23 heavy (non-hydrogen) atoms.